The van der Waals surface area contributed by atoms with Gasteiger partial charge < -0.3 is 19.4 Å². The Balaban J connectivity index is 1.40. The summed E-state index contributed by atoms with van der Waals surface area (Å²) in [6, 6.07) is 5.83. The predicted molar refractivity (Wildman–Crippen MR) is 99.2 cm³/mol. The third-order valence-corrected chi connectivity index (χ3v) is 5.50. The molecule has 1 N–H and O–H groups in total. The van der Waals surface area contributed by atoms with Crippen molar-refractivity contribution in [2.24, 2.45) is 0 Å². The molecular formula is C18H22N4O3S. The van der Waals surface area contributed by atoms with Crippen molar-refractivity contribution >= 4 is 23.4 Å². The first kappa shape index (κ1) is 17.2. The average Bonchev–Trinajstić information content (AvgIpc) is 3.59. The number of hydrogen-bond acceptors (Lipinski definition) is 6. The lowest BCUT2D eigenvalue weighted by molar-refractivity contribution is -0.113. The van der Waals surface area contributed by atoms with E-state index in [1.165, 1.54) is 37.4 Å². The molecule has 26 heavy (non-hydrogen) atoms. The number of anilines is 1. The lowest BCUT2D eigenvalue weighted by Crippen LogP contribution is -2.15. The Kier molecular flexibility index (Phi) is 4.76. The number of carbonyl (C=O) groups is 1. The Morgan fingerprint density at radius 2 is 2.04 bits per heavy atom. The van der Waals surface area contributed by atoms with E-state index < -0.39 is 0 Å². The second-order valence-corrected chi connectivity index (χ2v) is 7.56. The Morgan fingerprint density at radius 1 is 1.23 bits per heavy atom. The van der Waals surface area contributed by atoms with Gasteiger partial charge in [0.25, 0.3) is 0 Å². The van der Waals surface area contributed by atoms with Crippen molar-refractivity contribution in [2.75, 3.05) is 25.3 Å². The lowest BCUT2D eigenvalue weighted by Gasteiger charge is -2.12. The maximum absolute atomic E-state index is 12.4. The molecule has 1 amide bonds. The van der Waals surface area contributed by atoms with E-state index in [9.17, 15) is 4.79 Å². The molecule has 0 spiro atoms. The first-order valence-corrected chi connectivity index (χ1v) is 9.77. The molecule has 0 unspecified atom stereocenters. The fraction of sp³-hybridized carbons (Fsp3) is 0.500. The summed E-state index contributed by atoms with van der Waals surface area (Å²) in [5.41, 5.74) is 0.626. The standard InChI is InChI=1S/C18H22N4O3S/c1-24-13-7-8-14(15(9-13)25-2)19-16(23)10-26-18-21-20-17(11-3-4-11)22(18)12-5-6-12/h7-9,11-12H,3-6,10H2,1-2H3,(H,19,23). The first-order chi connectivity index (χ1) is 12.7. The molecule has 1 aromatic carbocycles. The van der Waals surface area contributed by atoms with Crippen LogP contribution in [0.1, 0.15) is 43.5 Å². The molecule has 1 aromatic heterocycles. The van der Waals surface area contributed by atoms with Crippen LogP contribution in [-0.2, 0) is 4.79 Å². The van der Waals surface area contributed by atoms with Gasteiger partial charge in [-0.2, -0.15) is 0 Å². The second kappa shape index (κ2) is 7.19. The molecular weight excluding hydrogens is 352 g/mol. The van der Waals surface area contributed by atoms with Crippen LogP contribution < -0.4 is 14.8 Å². The molecule has 138 valence electrons. The van der Waals surface area contributed by atoms with E-state index in [0.29, 0.717) is 29.1 Å². The molecule has 0 bridgehead atoms. The number of carbonyl (C=O) groups excluding carboxylic acids is 1. The quantitative estimate of drug-likeness (QED) is 0.715. The summed E-state index contributed by atoms with van der Waals surface area (Å²) in [6.07, 6.45) is 4.77. The van der Waals surface area contributed by atoms with E-state index in [1.54, 1.807) is 32.4 Å². The average molecular weight is 374 g/mol. The van der Waals surface area contributed by atoms with Gasteiger partial charge in [-0.25, -0.2) is 0 Å². The van der Waals surface area contributed by atoms with Crippen LogP contribution in [-0.4, -0.2) is 40.6 Å². The van der Waals surface area contributed by atoms with Gasteiger partial charge in [0.05, 0.1) is 25.7 Å². The maximum Gasteiger partial charge on any atom is 0.234 e. The van der Waals surface area contributed by atoms with Crippen LogP contribution in [0.3, 0.4) is 0 Å². The van der Waals surface area contributed by atoms with Crippen LogP contribution in [0, 0.1) is 0 Å². The van der Waals surface area contributed by atoms with Crippen molar-refractivity contribution in [3.63, 3.8) is 0 Å². The number of aromatic nitrogens is 3. The fourth-order valence-electron chi connectivity index (χ4n) is 2.90. The van der Waals surface area contributed by atoms with Crippen LogP contribution in [0.15, 0.2) is 23.4 Å². The zero-order chi connectivity index (χ0) is 18.1. The van der Waals surface area contributed by atoms with E-state index in [2.05, 4.69) is 20.1 Å². The van der Waals surface area contributed by atoms with Crippen LogP contribution >= 0.6 is 11.8 Å². The van der Waals surface area contributed by atoms with Gasteiger partial charge in [-0.1, -0.05) is 11.8 Å². The predicted octanol–water partition coefficient (Wildman–Crippen LogP) is 3.24. The number of nitrogens with zero attached hydrogens (tertiary/aromatic N) is 3. The summed E-state index contributed by atoms with van der Waals surface area (Å²) in [5.74, 6) is 3.10. The summed E-state index contributed by atoms with van der Waals surface area (Å²) in [4.78, 5) is 12.4. The number of amides is 1. The van der Waals surface area contributed by atoms with Gasteiger partial charge in [0.2, 0.25) is 5.91 Å². The smallest absolute Gasteiger partial charge is 0.234 e. The number of thioether (sulfide) groups is 1. The number of benzene rings is 1. The maximum atomic E-state index is 12.4. The number of hydrogen-bond donors (Lipinski definition) is 1. The van der Waals surface area contributed by atoms with Gasteiger partial charge in [-0.15, -0.1) is 10.2 Å². The topological polar surface area (TPSA) is 78.3 Å². The molecule has 0 radical (unpaired) electrons. The number of methoxy groups -OCH3 is 2. The minimum atomic E-state index is -0.100. The fourth-order valence-corrected chi connectivity index (χ4v) is 3.71. The van der Waals surface area contributed by atoms with Crippen LogP contribution in [0.2, 0.25) is 0 Å². The van der Waals surface area contributed by atoms with Gasteiger partial charge in [0, 0.05) is 18.0 Å². The summed E-state index contributed by atoms with van der Waals surface area (Å²) in [5, 5.41) is 12.4. The van der Waals surface area contributed by atoms with Crippen molar-refractivity contribution in [3.05, 3.63) is 24.0 Å². The van der Waals surface area contributed by atoms with Gasteiger partial charge in [-0.05, 0) is 37.8 Å². The SMILES string of the molecule is COc1ccc(NC(=O)CSc2nnc(C3CC3)n2C2CC2)c(OC)c1. The van der Waals surface area contributed by atoms with E-state index >= 15 is 0 Å². The normalized spacial score (nSPS) is 16.4. The Morgan fingerprint density at radius 3 is 2.69 bits per heavy atom. The van der Waals surface area contributed by atoms with Crippen molar-refractivity contribution in [1.82, 2.24) is 14.8 Å². The summed E-state index contributed by atoms with van der Waals surface area (Å²) < 4.78 is 12.7. The number of rotatable bonds is 8. The molecule has 4 rings (SSSR count). The van der Waals surface area contributed by atoms with E-state index in [1.807, 2.05) is 0 Å². The Labute approximate surface area is 156 Å². The van der Waals surface area contributed by atoms with Gasteiger partial charge >= 0.3 is 0 Å². The van der Waals surface area contributed by atoms with Crippen molar-refractivity contribution < 1.29 is 14.3 Å². The third kappa shape index (κ3) is 3.65. The molecule has 2 aromatic rings. The van der Waals surface area contributed by atoms with Crippen molar-refractivity contribution in [3.8, 4) is 11.5 Å². The number of nitrogens with one attached hydrogen (secondary N) is 1. The summed E-state index contributed by atoms with van der Waals surface area (Å²) >= 11 is 1.44. The summed E-state index contributed by atoms with van der Waals surface area (Å²) in [6.45, 7) is 0. The van der Waals surface area contributed by atoms with Crippen LogP contribution in [0.4, 0.5) is 5.69 Å². The van der Waals surface area contributed by atoms with E-state index in [0.717, 1.165) is 11.0 Å². The molecule has 0 atom stereocenters. The molecule has 0 saturated heterocycles. The molecule has 2 aliphatic carbocycles. The first-order valence-electron chi connectivity index (χ1n) is 8.79. The third-order valence-electron chi connectivity index (χ3n) is 4.56. The monoisotopic (exact) mass is 374 g/mol. The van der Waals surface area contributed by atoms with E-state index in [-0.39, 0.29) is 11.7 Å². The van der Waals surface area contributed by atoms with Crippen LogP contribution in [0.25, 0.3) is 0 Å². The highest BCUT2D eigenvalue weighted by atomic mass is 32.2. The van der Waals surface area contributed by atoms with Crippen LogP contribution in [0.5, 0.6) is 11.5 Å². The summed E-state index contributed by atoms with van der Waals surface area (Å²) in [7, 11) is 3.16. The highest BCUT2D eigenvalue weighted by Crippen LogP contribution is 2.46. The highest BCUT2D eigenvalue weighted by Gasteiger charge is 2.36. The largest absolute Gasteiger partial charge is 0.497 e. The lowest BCUT2D eigenvalue weighted by atomic mass is 10.2. The Hall–Kier alpha value is -2.22. The molecule has 2 saturated carbocycles. The molecule has 8 heteroatoms. The molecule has 2 fully saturated rings. The minimum Gasteiger partial charge on any atom is -0.497 e. The minimum absolute atomic E-state index is 0.100. The second-order valence-electron chi connectivity index (χ2n) is 6.62. The van der Waals surface area contributed by atoms with Gasteiger partial charge in [-0.3, -0.25) is 4.79 Å². The zero-order valence-corrected chi connectivity index (χ0v) is 15.7. The van der Waals surface area contributed by atoms with Gasteiger partial charge in [0.1, 0.15) is 17.3 Å². The highest BCUT2D eigenvalue weighted by molar-refractivity contribution is 7.99. The molecule has 2 aliphatic rings. The molecule has 0 aliphatic heterocycles. The zero-order valence-electron chi connectivity index (χ0n) is 14.9. The Bertz CT molecular complexity index is 815. The molecule has 7 nitrogen and oxygen atoms in total. The van der Waals surface area contributed by atoms with Crippen molar-refractivity contribution in [2.45, 2.75) is 42.8 Å². The number of ether oxygens (including phenoxy) is 2. The van der Waals surface area contributed by atoms with E-state index in [4.69, 9.17) is 9.47 Å². The van der Waals surface area contributed by atoms with Gasteiger partial charge in [0.15, 0.2) is 5.16 Å². The van der Waals surface area contributed by atoms with Crippen molar-refractivity contribution in [1.29, 1.82) is 0 Å². The molecule has 1 heterocycles.